The van der Waals surface area contributed by atoms with E-state index in [0.29, 0.717) is 18.6 Å². The summed E-state index contributed by atoms with van der Waals surface area (Å²) in [7, 11) is 0. The molecule has 146 valence electrons. The Kier molecular flexibility index (Phi) is 5.62. The fraction of sp³-hybridized carbons (Fsp3) is 0.391. The highest BCUT2D eigenvalue weighted by Crippen LogP contribution is 2.40. The van der Waals surface area contributed by atoms with Gasteiger partial charge in [-0.05, 0) is 56.1 Å². The van der Waals surface area contributed by atoms with Crippen LogP contribution < -0.4 is 5.32 Å². The van der Waals surface area contributed by atoms with Gasteiger partial charge in [-0.2, -0.15) is 0 Å². The summed E-state index contributed by atoms with van der Waals surface area (Å²) < 4.78 is 5.34. The van der Waals surface area contributed by atoms with E-state index in [1.54, 1.807) is 17.4 Å². The lowest BCUT2D eigenvalue weighted by Crippen LogP contribution is -2.17. The second kappa shape index (κ2) is 8.31. The zero-order valence-electron chi connectivity index (χ0n) is 16.1. The largest absolute Gasteiger partial charge is 0.462 e. The molecule has 2 aliphatic carbocycles. The maximum absolute atomic E-state index is 12.6. The first-order valence-electron chi connectivity index (χ1n) is 10.0. The van der Waals surface area contributed by atoms with E-state index in [4.69, 9.17) is 4.74 Å². The average molecular weight is 396 g/mol. The van der Waals surface area contributed by atoms with Crippen LogP contribution in [0.2, 0.25) is 0 Å². The third-order valence-electron chi connectivity index (χ3n) is 5.45. The molecule has 0 aliphatic heterocycles. The van der Waals surface area contributed by atoms with E-state index in [-0.39, 0.29) is 17.7 Å². The van der Waals surface area contributed by atoms with E-state index in [0.717, 1.165) is 48.4 Å². The number of aryl methyl sites for hydroxylation is 1. The molecule has 4 rings (SSSR count). The lowest BCUT2D eigenvalue weighted by molar-refractivity contribution is -0.115. The van der Waals surface area contributed by atoms with E-state index in [1.165, 1.54) is 10.4 Å². The van der Waals surface area contributed by atoms with Crippen LogP contribution in [0.4, 0.5) is 5.00 Å². The van der Waals surface area contributed by atoms with Crippen molar-refractivity contribution in [2.24, 2.45) is 0 Å². The molecule has 2 aromatic rings. The van der Waals surface area contributed by atoms with Crippen LogP contribution in [0.15, 0.2) is 42.1 Å². The molecule has 5 heteroatoms. The molecule has 1 aromatic heterocycles. The van der Waals surface area contributed by atoms with Crippen molar-refractivity contribution in [2.45, 2.75) is 51.4 Å². The monoisotopic (exact) mass is 395 g/mol. The van der Waals surface area contributed by atoms with Crippen molar-refractivity contribution in [3.63, 3.8) is 0 Å². The number of rotatable bonds is 5. The number of thiophene rings is 1. The quantitative estimate of drug-likeness (QED) is 0.703. The van der Waals surface area contributed by atoms with Crippen LogP contribution in [0.1, 0.15) is 64.9 Å². The second-order valence-electron chi connectivity index (χ2n) is 7.41. The van der Waals surface area contributed by atoms with Gasteiger partial charge in [-0.15, -0.1) is 11.3 Å². The smallest absolute Gasteiger partial charge is 0.341 e. The van der Waals surface area contributed by atoms with Gasteiger partial charge in [0.15, 0.2) is 5.78 Å². The number of nitrogens with one attached hydrogen (secondary N) is 1. The normalized spacial score (nSPS) is 19.0. The number of fused-ring (bicyclic) bond motifs is 1. The minimum absolute atomic E-state index is 0.126. The van der Waals surface area contributed by atoms with Crippen molar-refractivity contribution >= 4 is 28.1 Å². The Balaban J connectivity index is 1.62. The highest BCUT2D eigenvalue weighted by Gasteiger charge is 2.28. The number of hydrogen-bond donors (Lipinski definition) is 1. The SMILES string of the molecule is CCOC(=O)c1c(NC2=CC(=O)C[C@@H](c3ccccc3)C2)sc2c1CCCC2. The van der Waals surface area contributed by atoms with E-state index in [1.807, 2.05) is 25.1 Å². The highest BCUT2D eigenvalue weighted by molar-refractivity contribution is 7.16. The highest BCUT2D eigenvalue weighted by atomic mass is 32.1. The predicted molar refractivity (Wildman–Crippen MR) is 112 cm³/mol. The third-order valence-corrected chi connectivity index (χ3v) is 6.65. The number of anilines is 1. The Bertz CT molecular complexity index is 913. The topological polar surface area (TPSA) is 55.4 Å². The van der Waals surface area contributed by atoms with Gasteiger partial charge in [-0.25, -0.2) is 4.79 Å². The lowest BCUT2D eigenvalue weighted by atomic mass is 9.85. The van der Waals surface area contributed by atoms with Gasteiger partial charge >= 0.3 is 5.97 Å². The molecule has 1 aromatic carbocycles. The van der Waals surface area contributed by atoms with Gasteiger partial charge in [-0.3, -0.25) is 4.79 Å². The van der Waals surface area contributed by atoms with Gasteiger partial charge < -0.3 is 10.1 Å². The number of benzene rings is 1. The van der Waals surface area contributed by atoms with Crippen LogP contribution in [0.3, 0.4) is 0 Å². The van der Waals surface area contributed by atoms with Crippen molar-refractivity contribution in [1.82, 2.24) is 0 Å². The molecule has 2 aliphatic rings. The summed E-state index contributed by atoms with van der Waals surface area (Å²) >= 11 is 1.64. The number of esters is 1. The maximum atomic E-state index is 12.6. The van der Waals surface area contributed by atoms with Gasteiger partial charge in [0.25, 0.3) is 0 Å². The molecular formula is C23H25NO3S. The summed E-state index contributed by atoms with van der Waals surface area (Å²) in [6.45, 7) is 2.19. The van der Waals surface area contributed by atoms with Crippen molar-refractivity contribution in [1.29, 1.82) is 0 Å². The summed E-state index contributed by atoms with van der Waals surface area (Å²) in [5, 5.41) is 4.27. The molecule has 1 N–H and O–H groups in total. The van der Waals surface area contributed by atoms with E-state index in [9.17, 15) is 9.59 Å². The molecule has 0 amide bonds. The first-order chi connectivity index (χ1) is 13.7. The molecule has 0 fully saturated rings. The number of allylic oxidation sites excluding steroid dienone is 2. The molecule has 1 heterocycles. The van der Waals surface area contributed by atoms with Crippen LogP contribution in [0.25, 0.3) is 0 Å². The molecular weight excluding hydrogens is 370 g/mol. The van der Waals surface area contributed by atoms with Crippen molar-refractivity contribution in [2.75, 3.05) is 11.9 Å². The summed E-state index contributed by atoms with van der Waals surface area (Å²) in [4.78, 5) is 26.3. The molecule has 4 nitrogen and oxygen atoms in total. The van der Waals surface area contributed by atoms with Crippen molar-refractivity contribution in [3.8, 4) is 0 Å². The van der Waals surface area contributed by atoms with Gasteiger partial charge in [-0.1, -0.05) is 30.3 Å². The molecule has 1 atom stereocenters. The standard InChI is InChI=1S/C23H25NO3S/c1-2-27-23(26)21-19-10-6-7-11-20(19)28-22(21)24-17-12-16(13-18(25)14-17)15-8-4-3-5-9-15/h3-5,8-9,14,16,24H,2,6-7,10-13H2,1H3/t16-/m0/s1. The van der Waals surface area contributed by atoms with Crippen LogP contribution in [0.5, 0.6) is 0 Å². The zero-order valence-corrected chi connectivity index (χ0v) is 16.9. The molecule has 0 radical (unpaired) electrons. The predicted octanol–water partition coefficient (Wildman–Crippen LogP) is 5.25. The Morgan fingerprint density at radius 2 is 1.96 bits per heavy atom. The Morgan fingerprint density at radius 3 is 2.75 bits per heavy atom. The van der Waals surface area contributed by atoms with E-state index >= 15 is 0 Å². The van der Waals surface area contributed by atoms with Gasteiger partial charge in [0.1, 0.15) is 5.00 Å². The van der Waals surface area contributed by atoms with Gasteiger partial charge in [0.05, 0.1) is 12.2 Å². The third kappa shape index (κ3) is 3.90. The fourth-order valence-corrected chi connectivity index (χ4v) is 5.47. The van der Waals surface area contributed by atoms with Gasteiger partial charge in [0, 0.05) is 23.1 Å². The van der Waals surface area contributed by atoms with Crippen molar-refractivity contribution < 1.29 is 14.3 Å². The lowest BCUT2D eigenvalue weighted by Gasteiger charge is -2.23. The van der Waals surface area contributed by atoms with Gasteiger partial charge in [0.2, 0.25) is 0 Å². The van der Waals surface area contributed by atoms with E-state index in [2.05, 4.69) is 17.4 Å². The zero-order chi connectivity index (χ0) is 19.5. The fourth-order valence-electron chi connectivity index (χ4n) is 4.16. The Morgan fingerprint density at radius 1 is 1.18 bits per heavy atom. The summed E-state index contributed by atoms with van der Waals surface area (Å²) in [5.41, 5.74) is 3.88. The number of carbonyl (C=O) groups excluding carboxylic acids is 2. The number of hydrogen-bond acceptors (Lipinski definition) is 5. The average Bonchev–Trinajstić information content (AvgIpc) is 3.06. The maximum Gasteiger partial charge on any atom is 0.341 e. The number of ketones is 1. The van der Waals surface area contributed by atoms with E-state index < -0.39 is 0 Å². The summed E-state index contributed by atoms with van der Waals surface area (Å²) in [6.07, 6.45) is 7.19. The first kappa shape index (κ1) is 18.9. The van der Waals surface area contributed by atoms with Crippen LogP contribution in [-0.2, 0) is 22.4 Å². The van der Waals surface area contributed by atoms with Crippen LogP contribution in [-0.4, -0.2) is 18.4 Å². The second-order valence-corrected chi connectivity index (χ2v) is 8.52. The number of ether oxygens (including phenoxy) is 1. The molecule has 28 heavy (non-hydrogen) atoms. The minimum Gasteiger partial charge on any atom is -0.462 e. The van der Waals surface area contributed by atoms with Crippen LogP contribution in [0, 0.1) is 0 Å². The van der Waals surface area contributed by atoms with Crippen molar-refractivity contribution in [3.05, 3.63) is 63.7 Å². The Hall–Kier alpha value is -2.40. The first-order valence-corrected chi connectivity index (χ1v) is 10.8. The summed E-state index contributed by atoms with van der Waals surface area (Å²) in [6, 6.07) is 10.2. The minimum atomic E-state index is -0.258. The molecule has 0 saturated heterocycles. The Labute approximate surface area is 169 Å². The molecule has 0 bridgehead atoms. The molecule has 0 unspecified atom stereocenters. The molecule has 0 saturated carbocycles. The van der Waals surface area contributed by atoms with Crippen LogP contribution >= 0.6 is 11.3 Å². The number of carbonyl (C=O) groups is 2. The summed E-state index contributed by atoms with van der Waals surface area (Å²) in [5.74, 6) is 0.0372. The molecule has 0 spiro atoms.